The molecule has 3 rings (SSSR count). The maximum Gasteiger partial charge on any atom is 0.255 e. The van der Waals surface area contributed by atoms with Gasteiger partial charge in [0.15, 0.2) is 0 Å². The lowest BCUT2D eigenvalue weighted by Gasteiger charge is -2.32. The van der Waals surface area contributed by atoms with Gasteiger partial charge in [-0.2, -0.15) is 0 Å². The molecule has 1 N–H and O–H groups in total. The Morgan fingerprint density at radius 3 is 2.45 bits per heavy atom. The highest BCUT2D eigenvalue weighted by molar-refractivity contribution is 5.97. The number of piperidine rings is 1. The molecule has 22 heavy (non-hydrogen) atoms. The molecule has 1 amide bonds. The minimum atomic E-state index is -0.106. The summed E-state index contributed by atoms with van der Waals surface area (Å²) in [5.41, 5.74) is 1.60. The van der Waals surface area contributed by atoms with Crippen molar-refractivity contribution in [2.24, 2.45) is 0 Å². The standard InChI is InChI=1S/C17H19N3O2/c1-18-15-5-4-12-20(17(15)22)14-9-7-13(8-10-14)19-11-3-2-6-16(19)21/h2-3,6-11,15,18H,4-5,12H2,1H3. The van der Waals surface area contributed by atoms with E-state index in [2.05, 4.69) is 5.32 Å². The summed E-state index contributed by atoms with van der Waals surface area (Å²) in [6, 6.07) is 12.5. The zero-order valence-electron chi connectivity index (χ0n) is 12.5. The van der Waals surface area contributed by atoms with E-state index in [1.54, 1.807) is 16.8 Å². The molecule has 1 aliphatic rings. The molecule has 2 aromatic rings. The van der Waals surface area contributed by atoms with Crippen LogP contribution >= 0.6 is 0 Å². The van der Waals surface area contributed by atoms with Crippen molar-refractivity contribution in [3.63, 3.8) is 0 Å². The third-order valence-corrected chi connectivity index (χ3v) is 4.05. The number of nitrogens with zero attached hydrogens (tertiary/aromatic N) is 2. The summed E-state index contributed by atoms with van der Waals surface area (Å²) >= 11 is 0. The van der Waals surface area contributed by atoms with Crippen LogP contribution in [0.15, 0.2) is 53.5 Å². The molecule has 1 aromatic heterocycles. The van der Waals surface area contributed by atoms with Crippen molar-refractivity contribution in [1.82, 2.24) is 9.88 Å². The van der Waals surface area contributed by atoms with Crippen molar-refractivity contribution < 1.29 is 4.79 Å². The second-order valence-corrected chi connectivity index (χ2v) is 5.40. The molecule has 5 heteroatoms. The Morgan fingerprint density at radius 2 is 1.77 bits per heavy atom. The number of hydrogen-bond acceptors (Lipinski definition) is 3. The molecular weight excluding hydrogens is 278 g/mol. The van der Waals surface area contributed by atoms with E-state index in [1.165, 1.54) is 6.07 Å². The number of pyridine rings is 1. The van der Waals surface area contributed by atoms with Gasteiger partial charge in [0.2, 0.25) is 5.91 Å². The van der Waals surface area contributed by atoms with Crippen LogP contribution in [-0.4, -0.2) is 30.1 Å². The van der Waals surface area contributed by atoms with Crippen LogP contribution in [0, 0.1) is 0 Å². The number of carbonyl (C=O) groups excluding carboxylic acids is 1. The minimum absolute atomic E-state index is 0.0699. The molecule has 0 aliphatic carbocycles. The average molecular weight is 297 g/mol. The van der Waals surface area contributed by atoms with Gasteiger partial charge in [0.05, 0.1) is 6.04 Å². The fraction of sp³-hybridized carbons (Fsp3) is 0.294. The Morgan fingerprint density at radius 1 is 1.05 bits per heavy atom. The van der Waals surface area contributed by atoms with Crippen molar-refractivity contribution in [1.29, 1.82) is 0 Å². The Balaban J connectivity index is 1.87. The van der Waals surface area contributed by atoms with Crippen molar-refractivity contribution in [3.05, 3.63) is 59.0 Å². The normalized spacial score (nSPS) is 18.5. The van der Waals surface area contributed by atoms with Crippen molar-refractivity contribution in [2.45, 2.75) is 18.9 Å². The molecule has 1 saturated heterocycles. The summed E-state index contributed by atoms with van der Waals surface area (Å²) in [5.74, 6) is 0.110. The van der Waals surface area contributed by atoms with Crippen LogP contribution < -0.4 is 15.8 Å². The molecule has 1 atom stereocenters. The van der Waals surface area contributed by atoms with Crippen LogP contribution in [0.2, 0.25) is 0 Å². The molecule has 0 radical (unpaired) electrons. The Labute approximate surface area is 129 Å². The molecule has 1 unspecified atom stereocenters. The quantitative estimate of drug-likeness (QED) is 0.935. The number of benzene rings is 1. The summed E-state index contributed by atoms with van der Waals surface area (Å²) in [4.78, 5) is 26.0. The zero-order chi connectivity index (χ0) is 15.5. The number of nitrogens with one attached hydrogen (secondary N) is 1. The SMILES string of the molecule is CNC1CCCN(c2ccc(-n3ccccc3=O)cc2)C1=O. The van der Waals surface area contributed by atoms with E-state index < -0.39 is 0 Å². The summed E-state index contributed by atoms with van der Waals surface area (Å²) in [7, 11) is 1.82. The van der Waals surface area contributed by atoms with Gasteiger partial charge in [-0.1, -0.05) is 6.07 Å². The van der Waals surface area contributed by atoms with Gasteiger partial charge < -0.3 is 10.2 Å². The van der Waals surface area contributed by atoms with E-state index in [-0.39, 0.29) is 17.5 Å². The monoisotopic (exact) mass is 297 g/mol. The first-order valence-corrected chi connectivity index (χ1v) is 7.47. The molecular formula is C17H19N3O2. The first kappa shape index (κ1) is 14.5. The van der Waals surface area contributed by atoms with E-state index in [0.717, 1.165) is 30.8 Å². The van der Waals surface area contributed by atoms with Crippen molar-refractivity contribution in [2.75, 3.05) is 18.5 Å². The number of anilines is 1. The molecule has 1 aromatic carbocycles. The maximum absolute atomic E-state index is 12.4. The number of carbonyl (C=O) groups is 1. The topological polar surface area (TPSA) is 54.3 Å². The van der Waals surface area contributed by atoms with E-state index in [0.29, 0.717) is 0 Å². The molecule has 5 nitrogen and oxygen atoms in total. The van der Waals surface area contributed by atoms with Crippen LogP contribution in [-0.2, 0) is 4.79 Å². The fourth-order valence-electron chi connectivity index (χ4n) is 2.83. The van der Waals surface area contributed by atoms with E-state index in [9.17, 15) is 9.59 Å². The largest absolute Gasteiger partial charge is 0.311 e. The highest BCUT2D eigenvalue weighted by Gasteiger charge is 2.28. The molecule has 2 heterocycles. The third kappa shape index (κ3) is 2.67. The highest BCUT2D eigenvalue weighted by Crippen LogP contribution is 2.22. The highest BCUT2D eigenvalue weighted by atomic mass is 16.2. The lowest BCUT2D eigenvalue weighted by atomic mass is 10.0. The first-order valence-electron chi connectivity index (χ1n) is 7.47. The summed E-state index contributed by atoms with van der Waals surface area (Å²) < 4.78 is 1.58. The summed E-state index contributed by atoms with van der Waals surface area (Å²) in [5, 5.41) is 3.06. The van der Waals surface area contributed by atoms with E-state index in [1.807, 2.05) is 42.3 Å². The molecule has 0 spiro atoms. The van der Waals surface area contributed by atoms with Crippen LogP contribution in [0.1, 0.15) is 12.8 Å². The molecule has 0 saturated carbocycles. The van der Waals surface area contributed by atoms with E-state index >= 15 is 0 Å². The minimum Gasteiger partial charge on any atom is -0.311 e. The van der Waals surface area contributed by atoms with Crippen molar-refractivity contribution in [3.8, 4) is 5.69 Å². The Bertz CT molecular complexity index is 721. The molecule has 1 aliphatic heterocycles. The predicted octanol–water partition coefficient (Wildman–Crippen LogP) is 1.55. The smallest absolute Gasteiger partial charge is 0.255 e. The number of likely N-dealkylation sites (N-methyl/N-ethyl adjacent to an activating group) is 1. The van der Waals surface area contributed by atoms with Gasteiger partial charge in [0, 0.05) is 30.2 Å². The van der Waals surface area contributed by atoms with Gasteiger partial charge in [-0.25, -0.2) is 0 Å². The first-order chi connectivity index (χ1) is 10.7. The Kier molecular flexibility index (Phi) is 4.06. The molecule has 0 bridgehead atoms. The predicted molar refractivity (Wildman–Crippen MR) is 86.5 cm³/mol. The summed E-state index contributed by atoms with van der Waals surface area (Å²) in [6.07, 6.45) is 3.60. The van der Waals surface area contributed by atoms with Gasteiger partial charge in [0.25, 0.3) is 5.56 Å². The van der Waals surface area contributed by atoms with Crippen LogP contribution in [0.5, 0.6) is 0 Å². The average Bonchev–Trinajstić information content (AvgIpc) is 2.56. The zero-order valence-corrected chi connectivity index (χ0v) is 12.5. The number of aromatic nitrogens is 1. The number of amides is 1. The lowest BCUT2D eigenvalue weighted by molar-refractivity contribution is -0.121. The van der Waals surface area contributed by atoms with Gasteiger partial charge in [-0.15, -0.1) is 0 Å². The molecule has 1 fully saturated rings. The third-order valence-electron chi connectivity index (χ3n) is 4.05. The van der Waals surface area contributed by atoms with Crippen molar-refractivity contribution >= 4 is 11.6 Å². The van der Waals surface area contributed by atoms with Gasteiger partial charge in [-0.05, 0) is 50.2 Å². The van der Waals surface area contributed by atoms with Crippen LogP contribution in [0.3, 0.4) is 0 Å². The second-order valence-electron chi connectivity index (χ2n) is 5.40. The van der Waals surface area contributed by atoms with Crippen LogP contribution in [0.25, 0.3) is 5.69 Å². The maximum atomic E-state index is 12.4. The van der Waals surface area contributed by atoms with E-state index in [4.69, 9.17) is 0 Å². The number of rotatable bonds is 3. The fourth-order valence-corrected chi connectivity index (χ4v) is 2.83. The molecule has 114 valence electrons. The Hall–Kier alpha value is -2.40. The summed E-state index contributed by atoms with van der Waals surface area (Å²) in [6.45, 7) is 0.738. The van der Waals surface area contributed by atoms with Gasteiger partial charge in [-0.3, -0.25) is 14.2 Å². The van der Waals surface area contributed by atoms with Crippen LogP contribution in [0.4, 0.5) is 5.69 Å². The van der Waals surface area contributed by atoms with Gasteiger partial charge in [0.1, 0.15) is 0 Å². The lowest BCUT2D eigenvalue weighted by Crippen LogP contribution is -2.49. The second kappa shape index (κ2) is 6.15. The number of hydrogen-bond donors (Lipinski definition) is 1. The van der Waals surface area contributed by atoms with Gasteiger partial charge >= 0.3 is 0 Å².